The van der Waals surface area contributed by atoms with Crippen LogP contribution in [0.5, 0.6) is 0 Å². The first-order chi connectivity index (χ1) is 11.7. The van der Waals surface area contributed by atoms with Crippen molar-refractivity contribution in [2.24, 2.45) is 5.41 Å². The monoisotopic (exact) mass is 368 g/mol. The first-order valence-corrected chi connectivity index (χ1v) is 9.41. The number of hydrogen-bond donors (Lipinski definition) is 2. The van der Waals surface area contributed by atoms with Gasteiger partial charge in [0.15, 0.2) is 0 Å². The topological polar surface area (TPSA) is 68.2 Å². The minimum atomic E-state index is -0.0382. The van der Waals surface area contributed by atoms with Crippen LogP contribution < -0.4 is 10.6 Å². The quantitative estimate of drug-likeness (QED) is 0.836. The summed E-state index contributed by atoms with van der Waals surface area (Å²) in [5.41, 5.74) is 0.733. The van der Waals surface area contributed by atoms with Gasteiger partial charge < -0.3 is 15.4 Å². The van der Waals surface area contributed by atoms with E-state index in [1.54, 1.807) is 0 Å². The summed E-state index contributed by atoms with van der Waals surface area (Å²) in [6, 6.07) is 2.46. The molecule has 2 aliphatic carbocycles. The van der Waals surface area contributed by atoms with Gasteiger partial charge in [-0.3, -0.25) is 9.48 Å². The summed E-state index contributed by atoms with van der Waals surface area (Å²) in [5.74, 6) is -0.0382. The Hall–Kier alpha value is -1.11. The number of nitrogens with one attached hydrogen (secondary N) is 2. The summed E-state index contributed by atoms with van der Waals surface area (Å²) < 4.78 is 7.81. The molecular formula is C18H29ClN4O2. The highest BCUT2D eigenvalue weighted by Crippen LogP contribution is 2.57. The number of nitrogens with zero attached hydrogens (tertiary/aromatic N) is 2. The van der Waals surface area contributed by atoms with E-state index in [9.17, 15) is 4.79 Å². The van der Waals surface area contributed by atoms with Gasteiger partial charge in [0.2, 0.25) is 0 Å². The van der Waals surface area contributed by atoms with Crippen LogP contribution in [-0.2, 0) is 4.74 Å². The van der Waals surface area contributed by atoms with Crippen molar-refractivity contribution >= 4 is 18.3 Å². The molecular weight excluding hydrogens is 340 g/mol. The summed E-state index contributed by atoms with van der Waals surface area (Å²) in [6.45, 7) is 4.82. The zero-order valence-electron chi connectivity index (χ0n) is 14.9. The van der Waals surface area contributed by atoms with Gasteiger partial charge in [-0.15, -0.1) is 12.4 Å². The van der Waals surface area contributed by atoms with Crippen molar-refractivity contribution in [1.29, 1.82) is 0 Å². The average Bonchev–Trinajstić information content (AvgIpc) is 3.03. The number of amides is 1. The summed E-state index contributed by atoms with van der Waals surface area (Å²) in [7, 11) is 0. The van der Waals surface area contributed by atoms with E-state index in [4.69, 9.17) is 4.74 Å². The number of hydrogen-bond acceptors (Lipinski definition) is 4. The third-order valence-electron chi connectivity index (χ3n) is 6.23. The maximum atomic E-state index is 12.6. The molecule has 3 unspecified atom stereocenters. The zero-order chi connectivity index (χ0) is 16.6. The lowest BCUT2D eigenvalue weighted by atomic mass is 9.51. The van der Waals surface area contributed by atoms with Crippen molar-refractivity contribution in [2.45, 2.75) is 63.6 Å². The molecule has 4 rings (SSSR count). The van der Waals surface area contributed by atoms with Gasteiger partial charge in [0.1, 0.15) is 5.69 Å². The zero-order valence-corrected chi connectivity index (χ0v) is 15.7. The first-order valence-electron chi connectivity index (χ1n) is 9.41. The van der Waals surface area contributed by atoms with Gasteiger partial charge in [-0.2, -0.15) is 5.10 Å². The molecule has 6 nitrogen and oxygen atoms in total. The van der Waals surface area contributed by atoms with Crippen LogP contribution in [0.3, 0.4) is 0 Å². The molecule has 1 aromatic heterocycles. The van der Waals surface area contributed by atoms with Gasteiger partial charge in [0.25, 0.3) is 5.91 Å². The molecule has 0 radical (unpaired) electrons. The Kier molecular flexibility index (Phi) is 5.71. The van der Waals surface area contributed by atoms with Crippen molar-refractivity contribution in [3.63, 3.8) is 0 Å². The summed E-state index contributed by atoms with van der Waals surface area (Å²) in [6.07, 6.45) is 9.08. The Bertz CT molecular complexity index is 596. The summed E-state index contributed by atoms with van der Waals surface area (Å²) >= 11 is 0. The number of piperidine rings is 1. The lowest BCUT2D eigenvalue weighted by molar-refractivity contribution is -0.169. The van der Waals surface area contributed by atoms with E-state index in [1.165, 1.54) is 19.3 Å². The van der Waals surface area contributed by atoms with E-state index in [0.717, 1.165) is 39.0 Å². The van der Waals surface area contributed by atoms with Crippen LogP contribution >= 0.6 is 12.4 Å². The summed E-state index contributed by atoms with van der Waals surface area (Å²) in [4.78, 5) is 12.6. The van der Waals surface area contributed by atoms with Gasteiger partial charge in [-0.05, 0) is 51.6 Å². The highest BCUT2D eigenvalue weighted by atomic mass is 35.5. The van der Waals surface area contributed by atoms with Crippen molar-refractivity contribution in [3.8, 4) is 0 Å². The van der Waals surface area contributed by atoms with Crippen molar-refractivity contribution < 1.29 is 9.53 Å². The minimum Gasteiger partial charge on any atom is -0.378 e. The van der Waals surface area contributed by atoms with Crippen LogP contribution in [0.2, 0.25) is 0 Å². The molecule has 25 heavy (non-hydrogen) atoms. The number of ether oxygens (including phenoxy) is 1. The fraction of sp³-hybridized carbons (Fsp3) is 0.778. The van der Waals surface area contributed by atoms with Crippen molar-refractivity contribution in [3.05, 3.63) is 18.0 Å². The number of carbonyl (C=O) groups excluding carboxylic acids is 1. The molecule has 3 atom stereocenters. The standard InChI is InChI=1S/C18H28N4O2.ClH/c1-2-24-16-11-15(18(16)7-4-8-18)20-17(23)14-6-10-22(21-14)13-5-3-9-19-12-13;/h6,10,13,15-16,19H,2-5,7-9,11-12H2,1H3,(H,20,23);1H. The minimum absolute atomic E-state index is 0. The summed E-state index contributed by atoms with van der Waals surface area (Å²) in [5, 5.41) is 11.1. The largest absolute Gasteiger partial charge is 0.378 e. The Morgan fingerprint density at radius 1 is 1.48 bits per heavy atom. The molecule has 1 aliphatic heterocycles. The normalized spacial score (nSPS) is 30.0. The van der Waals surface area contributed by atoms with Crippen LogP contribution in [0.4, 0.5) is 0 Å². The van der Waals surface area contributed by atoms with E-state index >= 15 is 0 Å². The van der Waals surface area contributed by atoms with Crippen LogP contribution in [0.1, 0.15) is 62.0 Å². The van der Waals surface area contributed by atoms with Gasteiger partial charge >= 0.3 is 0 Å². The number of halogens is 1. The molecule has 2 N–H and O–H groups in total. The predicted octanol–water partition coefficient (Wildman–Crippen LogP) is 2.31. The second-order valence-electron chi connectivity index (χ2n) is 7.47. The molecule has 1 amide bonds. The molecule has 1 saturated heterocycles. The molecule has 1 aromatic rings. The lowest BCUT2D eigenvalue weighted by Crippen LogP contribution is -2.67. The highest BCUT2D eigenvalue weighted by Gasteiger charge is 2.59. The molecule has 0 aromatic carbocycles. The Morgan fingerprint density at radius 2 is 2.32 bits per heavy atom. The molecule has 3 aliphatic rings. The van der Waals surface area contributed by atoms with Crippen LogP contribution in [0.25, 0.3) is 0 Å². The predicted molar refractivity (Wildman–Crippen MR) is 98.2 cm³/mol. The number of carbonyl (C=O) groups is 1. The number of rotatable bonds is 5. The van der Waals surface area contributed by atoms with E-state index in [2.05, 4.69) is 15.7 Å². The molecule has 7 heteroatoms. The fourth-order valence-electron chi connectivity index (χ4n) is 4.59. The molecule has 140 valence electrons. The van der Waals surface area contributed by atoms with Gasteiger partial charge in [-0.25, -0.2) is 0 Å². The fourth-order valence-corrected chi connectivity index (χ4v) is 4.59. The molecule has 2 saturated carbocycles. The first kappa shape index (κ1) is 18.7. The Morgan fingerprint density at radius 3 is 2.96 bits per heavy atom. The van der Waals surface area contributed by atoms with Crippen molar-refractivity contribution in [2.75, 3.05) is 19.7 Å². The van der Waals surface area contributed by atoms with E-state index in [-0.39, 0.29) is 29.8 Å². The lowest BCUT2D eigenvalue weighted by Gasteiger charge is -2.60. The Balaban J connectivity index is 0.00000182. The van der Waals surface area contributed by atoms with E-state index in [1.807, 2.05) is 23.9 Å². The third kappa shape index (κ3) is 3.32. The van der Waals surface area contributed by atoms with Crippen LogP contribution in [0, 0.1) is 5.41 Å². The molecule has 3 fully saturated rings. The molecule has 2 heterocycles. The van der Waals surface area contributed by atoms with Gasteiger partial charge in [0, 0.05) is 30.8 Å². The average molecular weight is 369 g/mol. The SMILES string of the molecule is CCOC1CC(NC(=O)c2ccn(C3CCCNC3)n2)C12CCC2.Cl. The van der Waals surface area contributed by atoms with Crippen LogP contribution in [0.15, 0.2) is 12.3 Å². The number of aromatic nitrogens is 2. The second-order valence-corrected chi connectivity index (χ2v) is 7.47. The maximum absolute atomic E-state index is 12.6. The Labute approximate surface area is 155 Å². The third-order valence-corrected chi connectivity index (χ3v) is 6.23. The smallest absolute Gasteiger partial charge is 0.272 e. The molecule has 1 spiro atoms. The van der Waals surface area contributed by atoms with E-state index in [0.29, 0.717) is 17.8 Å². The highest BCUT2D eigenvalue weighted by molar-refractivity contribution is 5.92. The maximum Gasteiger partial charge on any atom is 0.272 e. The molecule has 0 bridgehead atoms. The van der Waals surface area contributed by atoms with Gasteiger partial charge in [-0.1, -0.05) is 6.42 Å². The van der Waals surface area contributed by atoms with Crippen LogP contribution in [-0.4, -0.2) is 47.5 Å². The van der Waals surface area contributed by atoms with Gasteiger partial charge in [0.05, 0.1) is 12.1 Å². The van der Waals surface area contributed by atoms with Crippen molar-refractivity contribution in [1.82, 2.24) is 20.4 Å². The van der Waals surface area contributed by atoms with E-state index < -0.39 is 0 Å². The second kappa shape index (κ2) is 7.64.